The third kappa shape index (κ3) is 4.59. The summed E-state index contributed by atoms with van der Waals surface area (Å²) in [6, 6.07) is 4.68. The minimum atomic E-state index is -2.43. The molecule has 3 saturated heterocycles. The minimum Gasteiger partial charge on any atom is -0.508 e. The number of terminal acetylenes is 1. The van der Waals surface area contributed by atoms with Gasteiger partial charge in [0.2, 0.25) is 5.88 Å². The number of phenols is 1. The van der Waals surface area contributed by atoms with Crippen LogP contribution in [-0.2, 0) is 4.74 Å². The smallest absolute Gasteiger partial charge is 0.319 e. The molecule has 12 heteroatoms. The normalized spacial score (nSPS) is 26.7. The van der Waals surface area contributed by atoms with E-state index in [9.17, 15) is 13.9 Å². The molecular formula is C34H32F3N5O4. The average molecular weight is 634 g/mol. The minimum absolute atomic E-state index is 0.000954. The van der Waals surface area contributed by atoms with E-state index in [4.69, 9.17) is 23.4 Å². The van der Waals surface area contributed by atoms with Crippen LogP contribution in [0.3, 0.4) is 0 Å². The van der Waals surface area contributed by atoms with E-state index in [1.165, 1.54) is 31.4 Å². The Kier molecular flexibility index (Phi) is 6.35. The van der Waals surface area contributed by atoms with Crippen LogP contribution < -0.4 is 14.4 Å². The Hall–Kier alpha value is -4.34. The molecule has 4 aromatic rings. The number of aromatic hydroxyl groups is 1. The highest BCUT2D eigenvalue weighted by Crippen LogP contribution is 2.45. The molecule has 238 valence electrons. The van der Waals surface area contributed by atoms with E-state index in [1.54, 1.807) is 4.90 Å². The Morgan fingerprint density at radius 1 is 1.20 bits per heavy atom. The van der Waals surface area contributed by atoms with Crippen molar-refractivity contribution in [2.45, 2.75) is 56.0 Å². The molecule has 0 spiro atoms. The molecule has 0 radical (unpaired) electrons. The quantitative estimate of drug-likeness (QED) is 0.290. The topological polar surface area (TPSA) is 93.1 Å². The first-order chi connectivity index (χ1) is 23.0. The Bertz CT molecular complexity index is 2030. The van der Waals surface area contributed by atoms with Crippen LogP contribution in [0.15, 0.2) is 24.3 Å². The van der Waals surface area contributed by atoms with Crippen LogP contribution in [0.2, 0.25) is 0 Å². The van der Waals surface area contributed by atoms with Gasteiger partial charge in [0, 0.05) is 37.1 Å². The number of alkyl halides is 1. The van der Waals surface area contributed by atoms with Gasteiger partial charge in [-0.05, 0) is 55.8 Å². The summed E-state index contributed by atoms with van der Waals surface area (Å²) < 4.78 is 82.5. The maximum Gasteiger partial charge on any atom is 0.319 e. The summed E-state index contributed by atoms with van der Waals surface area (Å²) in [5, 5.41) is 11.2. The van der Waals surface area contributed by atoms with Gasteiger partial charge in [-0.2, -0.15) is 9.97 Å². The number of aromatic nitrogens is 3. The Balaban J connectivity index is 1.37. The molecule has 1 saturated carbocycles. The van der Waals surface area contributed by atoms with Gasteiger partial charge in [0.15, 0.2) is 5.82 Å². The third-order valence-corrected chi connectivity index (χ3v) is 9.54. The number of phenolic OH excluding ortho intramolecular Hbond substituents is 1. The number of anilines is 1. The molecule has 3 aliphatic heterocycles. The van der Waals surface area contributed by atoms with Crippen LogP contribution in [0.4, 0.5) is 19.0 Å². The van der Waals surface area contributed by atoms with Crippen molar-refractivity contribution in [1.82, 2.24) is 19.9 Å². The molecule has 0 unspecified atom stereocenters. The van der Waals surface area contributed by atoms with E-state index in [-0.39, 0.29) is 75.7 Å². The predicted molar refractivity (Wildman–Crippen MR) is 165 cm³/mol. The van der Waals surface area contributed by atoms with Gasteiger partial charge in [0.25, 0.3) is 0 Å². The zero-order valence-corrected chi connectivity index (χ0v) is 25.0. The molecule has 9 nitrogen and oxygen atoms in total. The van der Waals surface area contributed by atoms with E-state index in [0.29, 0.717) is 50.8 Å². The summed E-state index contributed by atoms with van der Waals surface area (Å²) >= 11 is 0. The largest absolute Gasteiger partial charge is 0.508 e. The number of halogens is 3. The van der Waals surface area contributed by atoms with Crippen molar-refractivity contribution in [3.8, 4) is 41.2 Å². The fourth-order valence-corrected chi connectivity index (χ4v) is 7.40. The van der Waals surface area contributed by atoms with Gasteiger partial charge in [0.05, 0.1) is 33.1 Å². The summed E-state index contributed by atoms with van der Waals surface area (Å²) in [5.41, 5.74) is -2.00. The van der Waals surface area contributed by atoms with E-state index in [1.807, 2.05) is 4.90 Å². The van der Waals surface area contributed by atoms with Crippen molar-refractivity contribution < 1.29 is 35.2 Å². The molecule has 8 rings (SSSR count). The third-order valence-electron chi connectivity index (χ3n) is 9.54. The van der Waals surface area contributed by atoms with E-state index < -0.39 is 35.9 Å². The SMILES string of the molecule is [2H]C([2H])(Oc1nc(N2CCCO[C@@H]3C[C@@H]32)c2c(OC)nc(-c3cc(O)cc4ccc(F)c(C#C)c34)c(F)c2n1)[C@@]12CCCN1C[C@H](F)C2. The number of pyridine rings is 1. The van der Waals surface area contributed by atoms with Gasteiger partial charge in [-0.3, -0.25) is 4.90 Å². The van der Waals surface area contributed by atoms with Crippen LogP contribution in [0.25, 0.3) is 32.9 Å². The molecule has 2 aromatic carbocycles. The second-order valence-corrected chi connectivity index (χ2v) is 12.3. The standard InChI is InChI=1S/C34H32F3N5O4/c1-3-21-23(36)7-6-18-12-20(43)13-22(26(18)21)29-28(37)30-27(32(38-29)44-2)31(42-10-5-11-45-25-14-24(25)42)40-33(39-30)46-17-34-8-4-9-41(34)16-19(35)15-34/h1,6-7,12-13,19,24-25,43H,4-5,8-11,14-17H2,2H3/t19-,24+,25-,34+/m1/s1/i17D2. The summed E-state index contributed by atoms with van der Waals surface area (Å²) in [4.78, 5) is 17.3. The van der Waals surface area contributed by atoms with Crippen molar-refractivity contribution in [1.29, 1.82) is 0 Å². The lowest BCUT2D eigenvalue weighted by Gasteiger charge is -2.31. The van der Waals surface area contributed by atoms with Crippen molar-refractivity contribution >= 4 is 27.5 Å². The number of rotatable bonds is 6. The maximum absolute atomic E-state index is 17.1. The number of methoxy groups -OCH3 is 1. The lowest BCUT2D eigenvalue weighted by atomic mass is 9.95. The molecule has 4 atom stereocenters. The molecule has 2 aromatic heterocycles. The fraction of sp³-hybridized carbons (Fsp3) is 0.441. The first-order valence-corrected chi connectivity index (χ1v) is 15.4. The molecule has 0 bridgehead atoms. The monoisotopic (exact) mass is 633 g/mol. The summed E-state index contributed by atoms with van der Waals surface area (Å²) in [7, 11) is 1.36. The Labute approximate surface area is 266 Å². The highest BCUT2D eigenvalue weighted by molar-refractivity contribution is 6.04. The molecule has 46 heavy (non-hydrogen) atoms. The highest BCUT2D eigenvalue weighted by atomic mass is 19.1. The number of ether oxygens (including phenoxy) is 3. The number of hydrogen-bond donors (Lipinski definition) is 1. The number of hydrogen-bond acceptors (Lipinski definition) is 9. The summed E-state index contributed by atoms with van der Waals surface area (Å²) in [6.45, 7) is -0.779. The van der Waals surface area contributed by atoms with Crippen molar-refractivity contribution in [2.24, 2.45) is 0 Å². The second kappa shape index (κ2) is 10.9. The lowest BCUT2D eigenvalue weighted by Crippen LogP contribution is -2.43. The first-order valence-electron chi connectivity index (χ1n) is 16.4. The summed E-state index contributed by atoms with van der Waals surface area (Å²) in [5.74, 6) is 0.584. The molecule has 0 amide bonds. The Morgan fingerprint density at radius 3 is 2.89 bits per heavy atom. The predicted octanol–water partition coefficient (Wildman–Crippen LogP) is 5.14. The highest BCUT2D eigenvalue weighted by Gasteiger charge is 2.50. The number of benzene rings is 2. The number of nitrogens with zero attached hydrogens (tertiary/aromatic N) is 5. The van der Waals surface area contributed by atoms with Crippen LogP contribution in [0.5, 0.6) is 17.6 Å². The van der Waals surface area contributed by atoms with Crippen molar-refractivity contribution in [3.63, 3.8) is 0 Å². The zero-order valence-electron chi connectivity index (χ0n) is 27.0. The molecule has 1 aliphatic carbocycles. The van der Waals surface area contributed by atoms with Crippen LogP contribution >= 0.6 is 0 Å². The molecule has 1 N–H and O–H groups in total. The van der Waals surface area contributed by atoms with Gasteiger partial charge < -0.3 is 24.2 Å². The van der Waals surface area contributed by atoms with Gasteiger partial charge in [0.1, 0.15) is 46.7 Å². The molecule has 5 heterocycles. The molecule has 4 aliphatic rings. The number of fused-ring (bicyclic) bond motifs is 4. The van der Waals surface area contributed by atoms with Crippen molar-refractivity contribution in [2.75, 3.05) is 44.8 Å². The average Bonchev–Trinajstić information content (AvgIpc) is 3.63. The van der Waals surface area contributed by atoms with Crippen LogP contribution in [0, 0.1) is 24.0 Å². The van der Waals surface area contributed by atoms with Gasteiger partial charge in [-0.25, -0.2) is 18.2 Å². The van der Waals surface area contributed by atoms with E-state index in [2.05, 4.69) is 20.9 Å². The van der Waals surface area contributed by atoms with Crippen LogP contribution in [0.1, 0.15) is 40.4 Å². The van der Waals surface area contributed by atoms with Gasteiger partial charge >= 0.3 is 6.01 Å². The zero-order chi connectivity index (χ0) is 33.5. The van der Waals surface area contributed by atoms with E-state index >= 15 is 4.39 Å². The van der Waals surface area contributed by atoms with Crippen molar-refractivity contribution in [3.05, 3.63) is 41.5 Å². The molecular weight excluding hydrogens is 599 g/mol. The Morgan fingerprint density at radius 2 is 2.07 bits per heavy atom. The fourth-order valence-electron chi connectivity index (χ4n) is 7.40. The second-order valence-electron chi connectivity index (χ2n) is 12.3. The molecule has 4 fully saturated rings. The first kappa shape index (κ1) is 26.8. The van der Waals surface area contributed by atoms with Gasteiger partial charge in [-0.15, -0.1) is 6.42 Å². The van der Waals surface area contributed by atoms with Crippen LogP contribution in [-0.4, -0.2) is 88.7 Å². The summed E-state index contributed by atoms with van der Waals surface area (Å²) in [6.07, 6.45) is 6.78. The lowest BCUT2D eigenvalue weighted by molar-refractivity contribution is 0.107. The van der Waals surface area contributed by atoms with Gasteiger partial charge in [-0.1, -0.05) is 12.0 Å². The van der Waals surface area contributed by atoms with E-state index in [0.717, 1.165) is 0 Å². The maximum atomic E-state index is 17.1.